The van der Waals surface area contributed by atoms with Gasteiger partial charge in [0.2, 0.25) is 0 Å². The van der Waals surface area contributed by atoms with E-state index in [1.807, 2.05) is 0 Å². The van der Waals surface area contributed by atoms with Crippen LogP contribution in [0.2, 0.25) is 0 Å². The molecule has 0 saturated heterocycles. The maximum Gasteiger partial charge on any atom is 0.263 e. The largest absolute Gasteiger partial charge is 0.298 e. The molecule has 1 aromatic rings. The van der Waals surface area contributed by atoms with E-state index in [4.69, 9.17) is 11.6 Å². The maximum atomic E-state index is 12.4. The average Bonchev–Trinajstić information content (AvgIpc) is 2.15. The highest BCUT2D eigenvalue weighted by Gasteiger charge is 2.16. The number of halogens is 4. The predicted molar refractivity (Wildman–Crippen MR) is 58.4 cm³/mol. The second-order valence-corrected chi connectivity index (χ2v) is 4.44. The Hall–Kier alpha value is -0.480. The van der Waals surface area contributed by atoms with Crippen LogP contribution < -0.4 is 0 Å². The zero-order valence-electron chi connectivity index (χ0n) is 7.81. The predicted octanol–water partition coefficient (Wildman–Crippen LogP) is 4.26. The zero-order valence-corrected chi connectivity index (χ0v) is 10.1. The van der Waals surface area contributed by atoms with Gasteiger partial charge in [0.25, 0.3) is 6.43 Å². The Balaban J connectivity index is 3.14. The minimum absolute atomic E-state index is 0.147. The molecule has 0 fully saturated rings. The summed E-state index contributed by atoms with van der Waals surface area (Å²) in [6.07, 6.45) is -2.57. The summed E-state index contributed by atoms with van der Waals surface area (Å²) in [6.45, 7) is 1.32. The van der Waals surface area contributed by atoms with Gasteiger partial charge < -0.3 is 0 Å². The van der Waals surface area contributed by atoms with Crippen LogP contribution in [0.4, 0.5) is 8.78 Å². The van der Waals surface area contributed by atoms with Crippen LogP contribution >= 0.6 is 27.5 Å². The van der Waals surface area contributed by atoms with Gasteiger partial charge in [-0.05, 0) is 30.7 Å². The van der Waals surface area contributed by atoms with Crippen molar-refractivity contribution in [2.75, 3.05) is 0 Å². The molecule has 0 aliphatic rings. The summed E-state index contributed by atoms with van der Waals surface area (Å²) in [5.41, 5.74) is 0.236. The van der Waals surface area contributed by atoms with E-state index in [1.165, 1.54) is 19.1 Å². The Morgan fingerprint density at radius 1 is 1.33 bits per heavy atom. The van der Waals surface area contributed by atoms with Crippen LogP contribution in [0.5, 0.6) is 0 Å². The van der Waals surface area contributed by atoms with Crippen LogP contribution in [0.15, 0.2) is 22.7 Å². The second-order valence-electron chi connectivity index (χ2n) is 3.09. The molecule has 0 amide bonds. The molecule has 1 nitrogen and oxygen atoms in total. The Morgan fingerprint density at radius 3 is 2.33 bits per heavy atom. The van der Waals surface area contributed by atoms with E-state index in [0.29, 0.717) is 10.0 Å². The molecule has 0 radical (unpaired) electrons. The summed E-state index contributed by atoms with van der Waals surface area (Å²) in [5, 5.41) is -0.875. The van der Waals surface area contributed by atoms with Crippen molar-refractivity contribution >= 4 is 33.3 Å². The van der Waals surface area contributed by atoms with Crippen LogP contribution in [-0.2, 0) is 4.79 Å². The fraction of sp³-hybridized carbons (Fsp3) is 0.300. The van der Waals surface area contributed by atoms with Gasteiger partial charge in [0, 0.05) is 10.0 Å². The van der Waals surface area contributed by atoms with Gasteiger partial charge in [-0.15, -0.1) is 11.6 Å². The van der Waals surface area contributed by atoms with Gasteiger partial charge in [0.15, 0.2) is 5.78 Å². The molecule has 0 aliphatic carbocycles. The van der Waals surface area contributed by atoms with Gasteiger partial charge in [0.1, 0.15) is 5.38 Å². The van der Waals surface area contributed by atoms with Crippen molar-refractivity contribution in [1.29, 1.82) is 0 Å². The minimum Gasteiger partial charge on any atom is -0.298 e. The first kappa shape index (κ1) is 12.6. The first-order valence-corrected chi connectivity index (χ1v) is 5.38. The van der Waals surface area contributed by atoms with Gasteiger partial charge in [-0.2, -0.15) is 0 Å². The quantitative estimate of drug-likeness (QED) is 0.762. The highest BCUT2D eigenvalue weighted by Crippen LogP contribution is 2.30. The summed E-state index contributed by atoms with van der Waals surface area (Å²) in [5.74, 6) is -0.269. The van der Waals surface area contributed by atoms with E-state index < -0.39 is 11.8 Å². The Bertz CT molecular complexity index is 382. The molecular formula is C10H8BrClF2O. The third kappa shape index (κ3) is 3.24. The number of rotatable bonds is 3. The molecule has 82 valence electrons. The zero-order chi connectivity index (χ0) is 11.6. The van der Waals surface area contributed by atoms with E-state index >= 15 is 0 Å². The summed E-state index contributed by atoms with van der Waals surface area (Å²) >= 11 is 8.87. The van der Waals surface area contributed by atoms with Crippen molar-refractivity contribution in [2.45, 2.75) is 18.7 Å². The number of ketones is 1. The number of alkyl halides is 3. The lowest BCUT2D eigenvalue weighted by Crippen LogP contribution is -2.02. The van der Waals surface area contributed by atoms with Crippen molar-refractivity contribution in [1.82, 2.24) is 0 Å². The highest BCUT2D eigenvalue weighted by molar-refractivity contribution is 9.10. The topological polar surface area (TPSA) is 17.1 Å². The molecular weight excluding hydrogens is 289 g/mol. The molecule has 1 unspecified atom stereocenters. The number of hydrogen-bond donors (Lipinski definition) is 0. The van der Waals surface area contributed by atoms with Crippen molar-refractivity contribution < 1.29 is 13.6 Å². The van der Waals surface area contributed by atoms with Crippen molar-refractivity contribution in [2.24, 2.45) is 0 Å². The average molecular weight is 298 g/mol. The molecule has 15 heavy (non-hydrogen) atoms. The normalized spacial score (nSPS) is 12.9. The summed E-state index contributed by atoms with van der Waals surface area (Å²) in [6, 6.07) is 4.11. The van der Waals surface area contributed by atoms with E-state index in [2.05, 4.69) is 15.9 Å². The summed E-state index contributed by atoms with van der Waals surface area (Å²) in [7, 11) is 0. The molecule has 0 heterocycles. The number of Topliss-reactive ketones (excluding diaryl/α,β-unsaturated/α-hetero) is 1. The number of carbonyl (C=O) groups is 1. The van der Waals surface area contributed by atoms with E-state index in [9.17, 15) is 13.6 Å². The first-order valence-electron chi connectivity index (χ1n) is 4.15. The molecule has 0 saturated carbocycles. The number of carbonyl (C=O) groups excluding carboxylic acids is 1. The lowest BCUT2D eigenvalue weighted by atomic mass is 10.1. The second kappa shape index (κ2) is 5.03. The molecule has 1 atom stereocenters. The van der Waals surface area contributed by atoms with E-state index in [-0.39, 0.29) is 11.3 Å². The summed E-state index contributed by atoms with van der Waals surface area (Å²) < 4.78 is 25.4. The lowest BCUT2D eigenvalue weighted by Gasteiger charge is -2.09. The molecule has 5 heteroatoms. The standard InChI is InChI=1S/C10H8BrClF2O/c1-5(15)9(12)6-2-7(10(13)14)4-8(11)3-6/h2-4,9-10H,1H3. The first-order chi connectivity index (χ1) is 6.91. The molecule has 0 bridgehead atoms. The molecule has 0 spiro atoms. The minimum atomic E-state index is -2.57. The molecule has 0 aromatic heterocycles. The summed E-state index contributed by atoms with van der Waals surface area (Å²) in [4.78, 5) is 11.0. The Labute approximate surface area is 99.6 Å². The van der Waals surface area contributed by atoms with Crippen LogP contribution in [0.25, 0.3) is 0 Å². The fourth-order valence-electron chi connectivity index (χ4n) is 1.14. The Kier molecular flexibility index (Phi) is 4.22. The third-order valence-corrected chi connectivity index (χ3v) is 2.86. The van der Waals surface area contributed by atoms with Crippen molar-refractivity contribution in [3.05, 3.63) is 33.8 Å². The third-order valence-electron chi connectivity index (χ3n) is 1.84. The molecule has 1 rings (SSSR count). The smallest absolute Gasteiger partial charge is 0.263 e. The highest BCUT2D eigenvalue weighted by atomic mass is 79.9. The Morgan fingerprint density at radius 2 is 1.87 bits per heavy atom. The van der Waals surface area contributed by atoms with E-state index in [0.717, 1.165) is 0 Å². The van der Waals surface area contributed by atoms with Gasteiger partial charge >= 0.3 is 0 Å². The van der Waals surface area contributed by atoms with Crippen molar-refractivity contribution in [3.8, 4) is 0 Å². The number of benzene rings is 1. The van der Waals surface area contributed by atoms with Crippen LogP contribution in [0.1, 0.15) is 29.9 Å². The molecule has 0 N–H and O–H groups in total. The molecule has 1 aromatic carbocycles. The van der Waals surface area contributed by atoms with Gasteiger partial charge in [-0.3, -0.25) is 4.79 Å². The van der Waals surface area contributed by atoms with E-state index in [1.54, 1.807) is 6.07 Å². The maximum absolute atomic E-state index is 12.4. The van der Waals surface area contributed by atoms with Gasteiger partial charge in [-0.25, -0.2) is 8.78 Å². The fourth-order valence-corrected chi connectivity index (χ4v) is 1.80. The lowest BCUT2D eigenvalue weighted by molar-refractivity contribution is -0.116. The van der Waals surface area contributed by atoms with Crippen LogP contribution in [0.3, 0.4) is 0 Å². The monoisotopic (exact) mass is 296 g/mol. The van der Waals surface area contributed by atoms with Crippen LogP contribution in [0, 0.1) is 0 Å². The number of hydrogen-bond acceptors (Lipinski definition) is 1. The van der Waals surface area contributed by atoms with Crippen LogP contribution in [-0.4, -0.2) is 5.78 Å². The van der Waals surface area contributed by atoms with Gasteiger partial charge in [0.05, 0.1) is 0 Å². The SMILES string of the molecule is CC(=O)C(Cl)c1cc(Br)cc(C(F)F)c1. The van der Waals surface area contributed by atoms with Crippen molar-refractivity contribution in [3.63, 3.8) is 0 Å². The van der Waals surface area contributed by atoms with Gasteiger partial charge in [-0.1, -0.05) is 15.9 Å². The molecule has 0 aliphatic heterocycles.